The van der Waals surface area contributed by atoms with Gasteiger partial charge in [0.15, 0.2) is 0 Å². The van der Waals surface area contributed by atoms with Crippen molar-refractivity contribution in [3.8, 4) is 0 Å². The molecule has 1 amide bonds. The van der Waals surface area contributed by atoms with Crippen molar-refractivity contribution < 1.29 is 9.90 Å². The van der Waals surface area contributed by atoms with Gasteiger partial charge in [-0.25, -0.2) is 0 Å². The van der Waals surface area contributed by atoms with Gasteiger partial charge in [0.05, 0.1) is 17.5 Å². The average Bonchev–Trinajstić information content (AvgIpc) is 2.85. The first kappa shape index (κ1) is 12.9. The second kappa shape index (κ2) is 4.61. The molecule has 1 aromatic heterocycles. The van der Waals surface area contributed by atoms with Crippen molar-refractivity contribution in [2.75, 3.05) is 18.8 Å². The first-order valence-electron chi connectivity index (χ1n) is 6.18. The molecule has 100 valence electrons. The standard InChI is InChI=1S/C12H20N4O2/c1-7-10(13)11(15(3)14-7)12(18)16-5-4-9(6-16)8(2)17/h8-9,17H,4-6,13H2,1-3H3. The highest BCUT2D eigenvalue weighted by Crippen LogP contribution is 2.24. The normalized spacial score (nSPS) is 21.3. The van der Waals surface area contributed by atoms with Gasteiger partial charge in [0.1, 0.15) is 5.69 Å². The number of aliphatic hydroxyl groups is 1. The Morgan fingerprint density at radius 1 is 1.61 bits per heavy atom. The predicted octanol–water partition coefficient (Wildman–Crippen LogP) is 0.154. The average molecular weight is 252 g/mol. The Bertz CT molecular complexity index is 467. The number of amides is 1. The number of hydrogen-bond acceptors (Lipinski definition) is 4. The van der Waals surface area contributed by atoms with E-state index >= 15 is 0 Å². The summed E-state index contributed by atoms with van der Waals surface area (Å²) in [6.07, 6.45) is 0.452. The maximum atomic E-state index is 12.4. The third-order valence-electron chi connectivity index (χ3n) is 3.67. The lowest BCUT2D eigenvalue weighted by atomic mass is 10.0. The fraction of sp³-hybridized carbons (Fsp3) is 0.667. The molecule has 0 bridgehead atoms. The van der Waals surface area contributed by atoms with Gasteiger partial charge in [0, 0.05) is 26.1 Å². The van der Waals surface area contributed by atoms with Gasteiger partial charge in [-0.3, -0.25) is 9.48 Å². The highest BCUT2D eigenvalue weighted by atomic mass is 16.3. The zero-order chi connectivity index (χ0) is 13.4. The maximum absolute atomic E-state index is 12.4. The highest BCUT2D eigenvalue weighted by molar-refractivity contribution is 5.98. The zero-order valence-electron chi connectivity index (χ0n) is 11.1. The smallest absolute Gasteiger partial charge is 0.274 e. The predicted molar refractivity (Wildman–Crippen MR) is 68.0 cm³/mol. The maximum Gasteiger partial charge on any atom is 0.274 e. The summed E-state index contributed by atoms with van der Waals surface area (Å²) in [5.41, 5.74) is 7.45. The number of carbonyl (C=O) groups is 1. The van der Waals surface area contributed by atoms with E-state index in [0.29, 0.717) is 30.2 Å². The molecule has 1 fully saturated rings. The van der Waals surface area contributed by atoms with Crippen molar-refractivity contribution in [3.63, 3.8) is 0 Å². The number of nitrogen functional groups attached to an aromatic ring is 1. The lowest BCUT2D eigenvalue weighted by molar-refractivity contribution is 0.0753. The molecule has 6 heteroatoms. The molecule has 2 atom stereocenters. The Kier molecular flexibility index (Phi) is 3.30. The summed E-state index contributed by atoms with van der Waals surface area (Å²) in [5.74, 6) is 0.0586. The quantitative estimate of drug-likeness (QED) is 0.785. The molecule has 0 saturated carbocycles. The molecule has 1 aromatic rings. The number of carbonyl (C=O) groups excluding carboxylic acids is 1. The van der Waals surface area contributed by atoms with Crippen LogP contribution in [0.15, 0.2) is 0 Å². The second-order valence-electron chi connectivity index (χ2n) is 5.01. The summed E-state index contributed by atoms with van der Waals surface area (Å²) in [5, 5.41) is 13.7. The summed E-state index contributed by atoms with van der Waals surface area (Å²) in [6.45, 7) is 4.80. The molecule has 2 unspecified atom stereocenters. The van der Waals surface area contributed by atoms with E-state index in [4.69, 9.17) is 5.73 Å². The van der Waals surface area contributed by atoms with E-state index in [1.54, 1.807) is 25.8 Å². The second-order valence-corrected chi connectivity index (χ2v) is 5.01. The summed E-state index contributed by atoms with van der Waals surface area (Å²) >= 11 is 0. The zero-order valence-corrected chi connectivity index (χ0v) is 11.1. The van der Waals surface area contributed by atoms with Crippen molar-refractivity contribution in [2.24, 2.45) is 13.0 Å². The Morgan fingerprint density at radius 2 is 2.28 bits per heavy atom. The van der Waals surface area contributed by atoms with Crippen molar-refractivity contribution in [1.82, 2.24) is 14.7 Å². The summed E-state index contributed by atoms with van der Waals surface area (Å²) in [4.78, 5) is 14.1. The van der Waals surface area contributed by atoms with Gasteiger partial charge >= 0.3 is 0 Å². The van der Waals surface area contributed by atoms with E-state index < -0.39 is 0 Å². The Hall–Kier alpha value is -1.56. The summed E-state index contributed by atoms with van der Waals surface area (Å²) in [6, 6.07) is 0. The van der Waals surface area contributed by atoms with Crippen LogP contribution in [0.2, 0.25) is 0 Å². The van der Waals surface area contributed by atoms with Crippen LogP contribution in [0.5, 0.6) is 0 Å². The summed E-state index contributed by atoms with van der Waals surface area (Å²) in [7, 11) is 1.72. The van der Waals surface area contributed by atoms with Crippen LogP contribution in [0.25, 0.3) is 0 Å². The van der Waals surface area contributed by atoms with Gasteiger partial charge < -0.3 is 15.7 Å². The number of aliphatic hydroxyl groups excluding tert-OH is 1. The number of hydrogen-bond donors (Lipinski definition) is 2. The SMILES string of the molecule is Cc1nn(C)c(C(=O)N2CCC(C(C)O)C2)c1N. The van der Waals surface area contributed by atoms with Crippen molar-refractivity contribution in [1.29, 1.82) is 0 Å². The van der Waals surface area contributed by atoms with Gasteiger partial charge in [0.25, 0.3) is 5.91 Å². The Morgan fingerprint density at radius 3 is 2.72 bits per heavy atom. The van der Waals surface area contributed by atoms with E-state index in [1.807, 2.05) is 0 Å². The van der Waals surface area contributed by atoms with Crippen LogP contribution in [0, 0.1) is 12.8 Å². The van der Waals surface area contributed by atoms with Gasteiger partial charge in [0.2, 0.25) is 0 Å². The van der Waals surface area contributed by atoms with Gasteiger partial charge in [-0.15, -0.1) is 0 Å². The van der Waals surface area contributed by atoms with Crippen LogP contribution in [-0.4, -0.2) is 44.9 Å². The minimum Gasteiger partial charge on any atom is -0.395 e. The van der Waals surface area contributed by atoms with Crippen molar-refractivity contribution in [2.45, 2.75) is 26.4 Å². The number of aromatic nitrogens is 2. The van der Waals surface area contributed by atoms with Crippen LogP contribution in [0.3, 0.4) is 0 Å². The van der Waals surface area contributed by atoms with Gasteiger partial charge in [-0.1, -0.05) is 0 Å². The minimum atomic E-state index is -0.381. The van der Waals surface area contributed by atoms with E-state index in [0.717, 1.165) is 6.42 Å². The van der Waals surface area contributed by atoms with E-state index in [2.05, 4.69) is 5.10 Å². The first-order chi connectivity index (χ1) is 8.41. The highest BCUT2D eigenvalue weighted by Gasteiger charge is 2.32. The molecule has 3 N–H and O–H groups in total. The number of nitrogens with zero attached hydrogens (tertiary/aromatic N) is 3. The topological polar surface area (TPSA) is 84.4 Å². The molecular weight excluding hydrogens is 232 g/mol. The molecule has 0 spiro atoms. The molecule has 1 aliphatic heterocycles. The molecule has 0 aliphatic carbocycles. The fourth-order valence-corrected chi connectivity index (χ4v) is 2.44. The molecule has 0 radical (unpaired) electrons. The Labute approximate surface area is 106 Å². The molecule has 2 rings (SSSR count). The number of likely N-dealkylation sites (tertiary alicyclic amines) is 1. The number of rotatable bonds is 2. The van der Waals surface area contributed by atoms with Crippen LogP contribution in [0.1, 0.15) is 29.5 Å². The van der Waals surface area contributed by atoms with Crippen molar-refractivity contribution >= 4 is 11.6 Å². The van der Waals surface area contributed by atoms with Crippen molar-refractivity contribution in [3.05, 3.63) is 11.4 Å². The monoisotopic (exact) mass is 252 g/mol. The number of aryl methyl sites for hydroxylation is 2. The third-order valence-corrected chi connectivity index (χ3v) is 3.67. The van der Waals surface area contributed by atoms with E-state index in [-0.39, 0.29) is 17.9 Å². The largest absolute Gasteiger partial charge is 0.395 e. The van der Waals surface area contributed by atoms with Gasteiger partial charge in [-0.2, -0.15) is 5.10 Å². The van der Waals surface area contributed by atoms with Crippen LogP contribution >= 0.6 is 0 Å². The lowest BCUT2D eigenvalue weighted by Crippen LogP contribution is -2.32. The van der Waals surface area contributed by atoms with Crippen LogP contribution in [0.4, 0.5) is 5.69 Å². The van der Waals surface area contributed by atoms with E-state index in [9.17, 15) is 9.90 Å². The fourth-order valence-electron chi connectivity index (χ4n) is 2.44. The molecule has 18 heavy (non-hydrogen) atoms. The lowest BCUT2D eigenvalue weighted by Gasteiger charge is -2.18. The molecule has 1 saturated heterocycles. The number of nitrogens with two attached hydrogens (primary N) is 1. The molecular formula is C12H20N4O2. The van der Waals surface area contributed by atoms with Crippen LogP contribution < -0.4 is 5.73 Å². The Balaban J connectivity index is 2.18. The minimum absolute atomic E-state index is 0.0984. The third kappa shape index (κ3) is 2.08. The van der Waals surface area contributed by atoms with Gasteiger partial charge in [-0.05, 0) is 20.3 Å². The molecule has 6 nitrogen and oxygen atoms in total. The first-order valence-corrected chi connectivity index (χ1v) is 6.18. The van der Waals surface area contributed by atoms with Crippen LogP contribution in [-0.2, 0) is 7.05 Å². The van der Waals surface area contributed by atoms with E-state index in [1.165, 1.54) is 4.68 Å². The summed E-state index contributed by atoms with van der Waals surface area (Å²) < 4.78 is 1.53. The molecule has 2 heterocycles. The molecule has 1 aliphatic rings. The molecule has 0 aromatic carbocycles. The number of anilines is 1.